The molecule has 0 bridgehead atoms. The normalized spacial score (nSPS) is 10.1. The van der Waals surface area contributed by atoms with Gasteiger partial charge in [0.2, 0.25) is 0 Å². The van der Waals surface area contributed by atoms with E-state index in [1.165, 1.54) is 0 Å². The van der Waals surface area contributed by atoms with E-state index in [0.29, 0.717) is 4.99 Å². The van der Waals surface area contributed by atoms with E-state index in [2.05, 4.69) is 15.9 Å². The maximum absolute atomic E-state index is 5.70. The van der Waals surface area contributed by atoms with Crippen molar-refractivity contribution < 1.29 is 0 Å². The molecule has 0 radical (unpaired) electrons. The molecule has 0 aromatic heterocycles. The van der Waals surface area contributed by atoms with Crippen LogP contribution in [-0.4, -0.2) is 4.99 Å². The average molecular weight is 292 g/mol. The van der Waals surface area contributed by atoms with Crippen LogP contribution in [0.4, 0.5) is 0 Å². The highest BCUT2D eigenvalue weighted by Gasteiger charge is 2.05. The number of hydrogen-bond donors (Lipinski definition) is 1. The number of halogens is 1. The summed E-state index contributed by atoms with van der Waals surface area (Å²) in [4.78, 5) is 0.429. The molecule has 0 aliphatic rings. The summed E-state index contributed by atoms with van der Waals surface area (Å²) in [5.74, 6) is 0. The van der Waals surface area contributed by atoms with Crippen molar-refractivity contribution in [1.82, 2.24) is 0 Å². The minimum atomic E-state index is 0.429. The molecular formula is C13H10BrNS. The van der Waals surface area contributed by atoms with Gasteiger partial charge in [-0.05, 0) is 23.3 Å². The molecule has 0 aliphatic heterocycles. The van der Waals surface area contributed by atoms with Crippen LogP contribution in [0, 0.1) is 0 Å². The fourth-order valence-electron chi connectivity index (χ4n) is 1.58. The molecule has 0 fully saturated rings. The Morgan fingerprint density at radius 3 is 2.25 bits per heavy atom. The summed E-state index contributed by atoms with van der Waals surface area (Å²) >= 11 is 8.46. The summed E-state index contributed by atoms with van der Waals surface area (Å²) in [6.07, 6.45) is 0. The maximum atomic E-state index is 5.70. The molecular weight excluding hydrogens is 282 g/mol. The Balaban J connectivity index is 2.55. The lowest BCUT2D eigenvalue weighted by Crippen LogP contribution is -2.10. The molecule has 2 aromatic carbocycles. The molecule has 0 saturated heterocycles. The second-order valence-electron chi connectivity index (χ2n) is 3.42. The molecule has 0 atom stereocenters. The summed E-state index contributed by atoms with van der Waals surface area (Å²) in [7, 11) is 0. The zero-order valence-corrected chi connectivity index (χ0v) is 10.9. The predicted molar refractivity (Wildman–Crippen MR) is 75.5 cm³/mol. The van der Waals surface area contributed by atoms with Crippen LogP contribution in [0.25, 0.3) is 11.1 Å². The lowest BCUT2D eigenvalue weighted by Gasteiger charge is -2.08. The summed E-state index contributed by atoms with van der Waals surface area (Å²) < 4.78 is 1.06. The first-order valence-electron chi connectivity index (χ1n) is 4.83. The maximum Gasteiger partial charge on any atom is 0.104 e. The first kappa shape index (κ1) is 11.3. The van der Waals surface area contributed by atoms with E-state index in [1.54, 1.807) is 0 Å². The van der Waals surface area contributed by atoms with E-state index in [0.717, 1.165) is 21.2 Å². The van der Waals surface area contributed by atoms with Crippen LogP contribution in [0.2, 0.25) is 0 Å². The van der Waals surface area contributed by atoms with Gasteiger partial charge in [-0.3, -0.25) is 0 Å². The largest absolute Gasteiger partial charge is 0.389 e. The molecule has 2 aromatic rings. The van der Waals surface area contributed by atoms with Crippen molar-refractivity contribution in [1.29, 1.82) is 0 Å². The first-order valence-corrected chi connectivity index (χ1v) is 6.03. The first-order chi connectivity index (χ1) is 7.68. The van der Waals surface area contributed by atoms with E-state index < -0.39 is 0 Å². The van der Waals surface area contributed by atoms with Crippen molar-refractivity contribution >= 4 is 33.1 Å². The van der Waals surface area contributed by atoms with Crippen LogP contribution in [0.3, 0.4) is 0 Å². The molecule has 0 saturated carbocycles. The molecule has 0 heterocycles. The van der Waals surface area contributed by atoms with Gasteiger partial charge in [0.25, 0.3) is 0 Å². The molecule has 0 spiro atoms. The number of hydrogen-bond acceptors (Lipinski definition) is 1. The zero-order valence-electron chi connectivity index (χ0n) is 8.48. The highest BCUT2D eigenvalue weighted by molar-refractivity contribution is 9.10. The predicted octanol–water partition coefficient (Wildman–Crippen LogP) is 3.75. The monoisotopic (exact) mass is 291 g/mol. The number of benzene rings is 2. The van der Waals surface area contributed by atoms with Gasteiger partial charge in [-0.15, -0.1) is 0 Å². The molecule has 1 nitrogen and oxygen atoms in total. The topological polar surface area (TPSA) is 26.0 Å². The fraction of sp³-hybridized carbons (Fsp3) is 0. The third-order valence-electron chi connectivity index (χ3n) is 2.35. The summed E-state index contributed by atoms with van der Waals surface area (Å²) in [6, 6.07) is 16.0. The van der Waals surface area contributed by atoms with Crippen LogP contribution in [0.1, 0.15) is 5.56 Å². The Kier molecular flexibility index (Phi) is 3.36. The molecule has 0 amide bonds. The zero-order chi connectivity index (χ0) is 11.5. The van der Waals surface area contributed by atoms with Crippen molar-refractivity contribution in [2.75, 3.05) is 0 Å². The molecule has 80 valence electrons. The van der Waals surface area contributed by atoms with Crippen LogP contribution in [0.5, 0.6) is 0 Å². The molecule has 2 N–H and O–H groups in total. The molecule has 0 unspecified atom stereocenters. The standard InChI is InChI=1S/C13H10BrNS/c14-10-7-5-9(6-8-10)11-3-1-2-4-12(11)13(15)16/h1-8H,(H2,15,16). The Hall–Kier alpha value is -1.19. The van der Waals surface area contributed by atoms with E-state index in [-0.39, 0.29) is 0 Å². The van der Waals surface area contributed by atoms with Crippen LogP contribution in [-0.2, 0) is 0 Å². The van der Waals surface area contributed by atoms with Gasteiger partial charge in [0.1, 0.15) is 4.99 Å². The minimum absolute atomic E-state index is 0.429. The van der Waals surface area contributed by atoms with Crippen molar-refractivity contribution in [2.45, 2.75) is 0 Å². The van der Waals surface area contributed by atoms with Crippen LogP contribution in [0.15, 0.2) is 53.0 Å². The number of thiocarbonyl (C=S) groups is 1. The highest BCUT2D eigenvalue weighted by Crippen LogP contribution is 2.25. The quantitative estimate of drug-likeness (QED) is 0.853. The SMILES string of the molecule is NC(=S)c1ccccc1-c1ccc(Br)cc1. The fourth-order valence-corrected chi connectivity index (χ4v) is 2.02. The van der Waals surface area contributed by atoms with Crippen LogP contribution >= 0.6 is 28.1 Å². The van der Waals surface area contributed by atoms with Gasteiger partial charge in [0.05, 0.1) is 0 Å². The average Bonchev–Trinajstić information content (AvgIpc) is 2.30. The van der Waals surface area contributed by atoms with Gasteiger partial charge in [-0.1, -0.05) is 64.5 Å². The smallest absolute Gasteiger partial charge is 0.104 e. The third-order valence-corrected chi connectivity index (χ3v) is 3.10. The Morgan fingerprint density at radius 2 is 1.62 bits per heavy atom. The summed E-state index contributed by atoms with van der Waals surface area (Å²) in [6.45, 7) is 0. The number of rotatable bonds is 2. The van der Waals surface area contributed by atoms with E-state index in [4.69, 9.17) is 18.0 Å². The summed E-state index contributed by atoms with van der Waals surface area (Å²) in [5.41, 5.74) is 8.81. The molecule has 0 aliphatic carbocycles. The molecule has 16 heavy (non-hydrogen) atoms. The van der Waals surface area contributed by atoms with Crippen molar-refractivity contribution in [3.8, 4) is 11.1 Å². The van der Waals surface area contributed by atoms with E-state index in [1.807, 2.05) is 48.5 Å². The van der Waals surface area contributed by atoms with E-state index >= 15 is 0 Å². The van der Waals surface area contributed by atoms with Gasteiger partial charge in [0.15, 0.2) is 0 Å². The molecule has 2 rings (SSSR count). The van der Waals surface area contributed by atoms with Crippen molar-refractivity contribution in [2.24, 2.45) is 5.73 Å². The Bertz CT molecular complexity index is 520. The Labute approximate surface area is 108 Å². The van der Waals surface area contributed by atoms with Gasteiger partial charge in [-0.25, -0.2) is 0 Å². The number of nitrogens with two attached hydrogens (primary N) is 1. The molecule has 3 heteroatoms. The highest BCUT2D eigenvalue weighted by atomic mass is 79.9. The van der Waals surface area contributed by atoms with Crippen LogP contribution < -0.4 is 5.73 Å². The minimum Gasteiger partial charge on any atom is -0.389 e. The third kappa shape index (κ3) is 2.31. The second-order valence-corrected chi connectivity index (χ2v) is 4.77. The lowest BCUT2D eigenvalue weighted by molar-refractivity contribution is 1.56. The van der Waals surface area contributed by atoms with Gasteiger partial charge >= 0.3 is 0 Å². The lowest BCUT2D eigenvalue weighted by atomic mass is 10.00. The Morgan fingerprint density at radius 1 is 1.00 bits per heavy atom. The van der Waals surface area contributed by atoms with E-state index in [9.17, 15) is 0 Å². The summed E-state index contributed by atoms with van der Waals surface area (Å²) in [5, 5.41) is 0. The van der Waals surface area contributed by atoms with Crippen molar-refractivity contribution in [3.63, 3.8) is 0 Å². The van der Waals surface area contributed by atoms with Gasteiger partial charge < -0.3 is 5.73 Å². The van der Waals surface area contributed by atoms with Crippen molar-refractivity contribution in [3.05, 3.63) is 58.6 Å². The van der Waals surface area contributed by atoms with Gasteiger partial charge in [-0.2, -0.15) is 0 Å². The van der Waals surface area contributed by atoms with Gasteiger partial charge in [0, 0.05) is 10.0 Å². The second kappa shape index (κ2) is 4.76.